The largest absolute Gasteiger partial charge is 0.496 e. The predicted octanol–water partition coefficient (Wildman–Crippen LogP) is 2.02. The van der Waals surface area contributed by atoms with Gasteiger partial charge in [0, 0.05) is 6.42 Å². The summed E-state index contributed by atoms with van der Waals surface area (Å²) in [5, 5.41) is 11.8. The minimum absolute atomic E-state index is 0.129. The second-order valence-corrected chi connectivity index (χ2v) is 5.45. The van der Waals surface area contributed by atoms with Crippen molar-refractivity contribution in [3.05, 3.63) is 65.7 Å². The van der Waals surface area contributed by atoms with Crippen molar-refractivity contribution in [1.82, 2.24) is 5.32 Å². The van der Waals surface area contributed by atoms with Gasteiger partial charge in [0.05, 0.1) is 13.7 Å². The highest BCUT2D eigenvalue weighted by Gasteiger charge is 2.21. The Labute approximate surface area is 146 Å². The molecule has 0 saturated heterocycles. The summed E-state index contributed by atoms with van der Waals surface area (Å²) in [4.78, 5) is 23.4. The van der Waals surface area contributed by atoms with Crippen molar-refractivity contribution in [3.63, 3.8) is 0 Å². The van der Waals surface area contributed by atoms with Crippen LogP contribution >= 0.6 is 0 Å². The van der Waals surface area contributed by atoms with Crippen LogP contribution in [0.15, 0.2) is 54.6 Å². The summed E-state index contributed by atoms with van der Waals surface area (Å²) < 4.78 is 10.5. The number of carbonyl (C=O) groups is 2. The van der Waals surface area contributed by atoms with Crippen LogP contribution in [0.3, 0.4) is 0 Å². The summed E-state index contributed by atoms with van der Waals surface area (Å²) in [6, 6.07) is 15.5. The van der Waals surface area contributed by atoms with E-state index in [4.69, 9.17) is 9.47 Å². The number of ether oxygens (including phenoxy) is 2. The molecule has 0 heterocycles. The zero-order valence-corrected chi connectivity index (χ0v) is 14.0. The molecule has 0 aliphatic rings. The first-order valence-electron chi connectivity index (χ1n) is 7.86. The first kappa shape index (κ1) is 18.5. The summed E-state index contributed by atoms with van der Waals surface area (Å²) >= 11 is 0. The molecule has 0 aliphatic heterocycles. The molecule has 1 atom stereocenters. The highest BCUT2D eigenvalue weighted by molar-refractivity contribution is 5.84. The van der Waals surface area contributed by atoms with Gasteiger partial charge in [0.15, 0.2) is 0 Å². The first-order chi connectivity index (χ1) is 12.1. The van der Waals surface area contributed by atoms with E-state index < -0.39 is 17.9 Å². The molecule has 2 N–H and O–H groups in total. The minimum atomic E-state index is -1.11. The lowest BCUT2D eigenvalue weighted by Gasteiger charge is -2.16. The SMILES string of the molecule is COc1ccccc1C[C@@H](NC(=O)COCc1ccccc1)C(=O)O. The van der Waals surface area contributed by atoms with Gasteiger partial charge in [-0.05, 0) is 17.2 Å². The highest BCUT2D eigenvalue weighted by Crippen LogP contribution is 2.19. The van der Waals surface area contributed by atoms with Gasteiger partial charge in [0.2, 0.25) is 5.91 Å². The number of carboxylic acids is 1. The molecule has 0 radical (unpaired) electrons. The predicted molar refractivity (Wildman–Crippen MR) is 92.4 cm³/mol. The maximum Gasteiger partial charge on any atom is 0.326 e. The third kappa shape index (κ3) is 5.93. The van der Waals surface area contributed by atoms with Crippen molar-refractivity contribution in [1.29, 1.82) is 0 Å². The number of para-hydroxylation sites is 1. The summed E-state index contributed by atoms with van der Waals surface area (Å²) in [5.41, 5.74) is 1.65. The molecule has 6 heteroatoms. The monoisotopic (exact) mass is 343 g/mol. The quantitative estimate of drug-likeness (QED) is 0.728. The van der Waals surface area contributed by atoms with Gasteiger partial charge in [0.25, 0.3) is 0 Å². The Hall–Kier alpha value is -2.86. The van der Waals surface area contributed by atoms with Gasteiger partial charge < -0.3 is 19.9 Å². The van der Waals surface area contributed by atoms with Gasteiger partial charge in [0.1, 0.15) is 18.4 Å². The van der Waals surface area contributed by atoms with Crippen LogP contribution in [0.1, 0.15) is 11.1 Å². The summed E-state index contributed by atoms with van der Waals surface area (Å²) in [7, 11) is 1.52. The molecule has 0 aromatic heterocycles. The average molecular weight is 343 g/mol. The van der Waals surface area contributed by atoms with E-state index in [2.05, 4.69) is 5.32 Å². The van der Waals surface area contributed by atoms with Crippen LogP contribution in [0.5, 0.6) is 5.75 Å². The Kier molecular flexibility index (Phi) is 6.98. The van der Waals surface area contributed by atoms with E-state index in [-0.39, 0.29) is 13.0 Å². The lowest BCUT2D eigenvalue weighted by atomic mass is 10.0. The van der Waals surface area contributed by atoms with Gasteiger partial charge in [-0.1, -0.05) is 48.5 Å². The minimum Gasteiger partial charge on any atom is -0.496 e. The van der Waals surface area contributed by atoms with Crippen LogP contribution in [0.25, 0.3) is 0 Å². The van der Waals surface area contributed by atoms with Crippen molar-refractivity contribution in [2.45, 2.75) is 19.1 Å². The number of rotatable bonds is 9. The molecule has 0 spiro atoms. The van der Waals surface area contributed by atoms with E-state index in [1.165, 1.54) is 7.11 Å². The fourth-order valence-corrected chi connectivity index (χ4v) is 2.36. The van der Waals surface area contributed by atoms with Crippen LogP contribution in [-0.2, 0) is 27.4 Å². The van der Waals surface area contributed by atoms with E-state index >= 15 is 0 Å². The van der Waals surface area contributed by atoms with Gasteiger partial charge in [-0.2, -0.15) is 0 Å². The number of carboxylic acid groups (broad SMARTS) is 1. The van der Waals surface area contributed by atoms with Crippen LogP contribution in [-0.4, -0.2) is 36.7 Å². The standard InChI is InChI=1S/C19H21NO5/c1-24-17-10-6-5-9-15(17)11-16(19(22)23)20-18(21)13-25-12-14-7-3-2-4-8-14/h2-10,16H,11-13H2,1H3,(H,20,21)(H,22,23)/t16-/m1/s1. The molecule has 25 heavy (non-hydrogen) atoms. The van der Waals surface area contributed by atoms with E-state index in [9.17, 15) is 14.7 Å². The fraction of sp³-hybridized carbons (Fsp3) is 0.263. The van der Waals surface area contributed by atoms with Crippen molar-refractivity contribution < 1.29 is 24.2 Å². The Bertz CT molecular complexity index is 702. The summed E-state index contributed by atoms with van der Waals surface area (Å²) in [5.74, 6) is -0.996. The smallest absolute Gasteiger partial charge is 0.326 e. The van der Waals surface area contributed by atoms with Crippen molar-refractivity contribution in [2.75, 3.05) is 13.7 Å². The zero-order valence-electron chi connectivity index (χ0n) is 14.0. The third-order valence-electron chi connectivity index (χ3n) is 3.59. The maximum atomic E-state index is 12.0. The molecule has 2 rings (SSSR count). The number of benzene rings is 2. The molecule has 0 aliphatic carbocycles. The zero-order chi connectivity index (χ0) is 18.1. The summed E-state index contributed by atoms with van der Waals surface area (Å²) in [6.45, 7) is 0.0864. The maximum absolute atomic E-state index is 12.0. The van der Waals surface area contributed by atoms with Gasteiger partial charge in [-0.15, -0.1) is 0 Å². The molecule has 0 fully saturated rings. The van der Waals surface area contributed by atoms with Crippen molar-refractivity contribution in [3.8, 4) is 5.75 Å². The molecule has 0 bridgehead atoms. The van der Waals surface area contributed by atoms with Gasteiger partial charge in [-0.25, -0.2) is 4.79 Å². The van der Waals surface area contributed by atoms with Crippen LogP contribution in [0.2, 0.25) is 0 Å². The Morgan fingerprint density at radius 3 is 2.44 bits per heavy atom. The topological polar surface area (TPSA) is 84.9 Å². The first-order valence-corrected chi connectivity index (χ1v) is 7.86. The van der Waals surface area contributed by atoms with Crippen LogP contribution in [0, 0.1) is 0 Å². The van der Waals surface area contributed by atoms with E-state index in [0.717, 1.165) is 5.56 Å². The number of nitrogens with one attached hydrogen (secondary N) is 1. The number of hydrogen-bond donors (Lipinski definition) is 2. The number of methoxy groups -OCH3 is 1. The number of aliphatic carboxylic acids is 1. The Balaban J connectivity index is 1.88. The van der Waals surface area contributed by atoms with E-state index in [1.54, 1.807) is 24.3 Å². The molecule has 0 saturated carbocycles. The van der Waals surface area contributed by atoms with Crippen LogP contribution < -0.4 is 10.1 Å². The molecule has 2 aromatic rings. The van der Waals surface area contributed by atoms with E-state index in [0.29, 0.717) is 17.9 Å². The van der Waals surface area contributed by atoms with E-state index in [1.807, 2.05) is 30.3 Å². The third-order valence-corrected chi connectivity index (χ3v) is 3.59. The van der Waals surface area contributed by atoms with Gasteiger partial charge in [-0.3, -0.25) is 4.79 Å². The Morgan fingerprint density at radius 2 is 1.76 bits per heavy atom. The lowest BCUT2D eigenvalue weighted by Crippen LogP contribution is -2.43. The molecule has 6 nitrogen and oxygen atoms in total. The average Bonchev–Trinajstić information content (AvgIpc) is 2.62. The second-order valence-electron chi connectivity index (χ2n) is 5.45. The van der Waals surface area contributed by atoms with Crippen molar-refractivity contribution in [2.24, 2.45) is 0 Å². The molecule has 2 aromatic carbocycles. The molecule has 132 valence electrons. The fourth-order valence-electron chi connectivity index (χ4n) is 2.36. The van der Waals surface area contributed by atoms with Gasteiger partial charge >= 0.3 is 5.97 Å². The number of carbonyl (C=O) groups excluding carboxylic acids is 1. The number of hydrogen-bond acceptors (Lipinski definition) is 4. The molecule has 0 unspecified atom stereocenters. The van der Waals surface area contributed by atoms with Crippen LogP contribution in [0.4, 0.5) is 0 Å². The second kappa shape index (κ2) is 9.44. The number of amides is 1. The summed E-state index contributed by atoms with van der Waals surface area (Å²) in [6.07, 6.45) is 0.129. The van der Waals surface area contributed by atoms with Crippen molar-refractivity contribution >= 4 is 11.9 Å². The molecule has 1 amide bonds. The molecular formula is C19H21NO5. The lowest BCUT2D eigenvalue weighted by molar-refractivity contribution is -0.142. The molecular weight excluding hydrogens is 322 g/mol. The normalized spacial score (nSPS) is 11.6. The highest BCUT2D eigenvalue weighted by atomic mass is 16.5. The Morgan fingerprint density at radius 1 is 1.08 bits per heavy atom.